The Bertz CT molecular complexity index is 1150. The van der Waals surface area contributed by atoms with E-state index in [-0.39, 0.29) is 21.8 Å². The number of methoxy groups -OCH3 is 2. The number of allylic oxidation sites excluding steroid dienone is 1. The smallest absolute Gasteiger partial charge is 0.339 e. The summed E-state index contributed by atoms with van der Waals surface area (Å²) >= 11 is 6.56. The highest BCUT2D eigenvalue weighted by molar-refractivity contribution is 6.31. The molecule has 10 heteroatoms. The normalized spacial score (nSPS) is 15.2. The first-order chi connectivity index (χ1) is 16.3. The lowest BCUT2D eigenvalue weighted by molar-refractivity contribution is -0.113. The Morgan fingerprint density at radius 2 is 1.88 bits per heavy atom. The van der Waals surface area contributed by atoms with E-state index in [1.54, 1.807) is 37.3 Å². The van der Waals surface area contributed by atoms with E-state index in [4.69, 9.17) is 25.8 Å². The Kier molecular flexibility index (Phi) is 8.01. The van der Waals surface area contributed by atoms with E-state index in [1.165, 1.54) is 20.3 Å². The summed E-state index contributed by atoms with van der Waals surface area (Å²) in [5, 5.41) is 8.38. The third kappa shape index (κ3) is 5.26. The lowest BCUT2D eigenvalue weighted by Gasteiger charge is -2.29. The number of esters is 1. The molecule has 34 heavy (non-hydrogen) atoms. The van der Waals surface area contributed by atoms with Crippen molar-refractivity contribution in [3.8, 4) is 11.5 Å². The predicted octanol–water partition coefficient (Wildman–Crippen LogP) is 4.19. The maximum atomic E-state index is 13.4. The summed E-state index contributed by atoms with van der Waals surface area (Å²) in [5.74, 6) is -0.262. The third-order valence-corrected chi connectivity index (χ3v) is 5.48. The van der Waals surface area contributed by atoms with Crippen LogP contribution in [0.25, 0.3) is 0 Å². The van der Waals surface area contributed by atoms with Crippen molar-refractivity contribution in [2.24, 2.45) is 0 Å². The number of carbonyl (C=O) groups is 3. The van der Waals surface area contributed by atoms with Gasteiger partial charge in [0.15, 0.2) is 11.5 Å². The van der Waals surface area contributed by atoms with Crippen LogP contribution in [0.4, 0.5) is 10.5 Å². The highest BCUT2D eigenvalue weighted by Gasteiger charge is 2.33. The molecule has 1 atom stereocenters. The first-order valence-electron chi connectivity index (χ1n) is 10.6. The third-order valence-electron chi connectivity index (χ3n) is 5.15. The molecular weight excluding hydrogens is 462 g/mol. The number of anilines is 1. The number of amides is 3. The minimum absolute atomic E-state index is 0.193. The van der Waals surface area contributed by atoms with E-state index in [0.717, 1.165) is 6.42 Å². The summed E-state index contributed by atoms with van der Waals surface area (Å²) in [6, 6.07) is 8.31. The van der Waals surface area contributed by atoms with Gasteiger partial charge in [0, 0.05) is 17.3 Å². The van der Waals surface area contributed by atoms with Crippen LogP contribution in [0.5, 0.6) is 11.5 Å². The highest BCUT2D eigenvalue weighted by Crippen LogP contribution is 2.39. The van der Waals surface area contributed by atoms with E-state index >= 15 is 0 Å². The molecule has 2 aromatic rings. The number of nitrogens with one attached hydrogen (secondary N) is 3. The molecule has 2 aromatic carbocycles. The molecule has 9 nitrogen and oxygen atoms in total. The van der Waals surface area contributed by atoms with Crippen LogP contribution in [-0.4, -0.2) is 38.7 Å². The van der Waals surface area contributed by atoms with Crippen molar-refractivity contribution in [1.82, 2.24) is 10.6 Å². The fourth-order valence-corrected chi connectivity index (χ4v) is 3.82. The maximum absolute atomic E-state index is 13.4. The van der Waals surface area contributed by atoms with Crippen LogP contribution >= 0.6 is 11.6 Å². The summed E-state index contributed by atoms with van der Waals surface area (Å²) < 4.78 is 15.9. The summed E-state index contributed by atoms with van der Waals surface area (Å²) in [6.45, 7) is 4.06. The van der Waals surface area contributed by atoms with Crippen LogP contribution < -0.4 is 25.4 Å². The molecule has 3 rings (SSSR count). The monoisotopic (exact) mass is 487 g/mol. The van der Waals surface area contributed by atoms with Crippen molar-refractivity contribution in [1.29, 1.82) is 0 Å². The van der Waals surface area contributed by atoms with Gasteiger partial charge in [0.2, 0.25) is 0 Å². The SMILES string of the molecule is CCCOc1cc(Cl)c([C@H]2NC(=O)NC(C)=C2C(=O)Nc2ccccc2C(=O)OC)cc1OC. The summed E-state index contributed by atoms with van der Waals surface area (Å²) in [4.78, 5) is 37.8. The summed E-state index contributed by atoms with van der Waals surface area (Å²) in [7, 11) is 2.75. The van der Waals surface area contributed by atoms with Gasteiger partial charge in [-0.15, -0.1) is 0 Å². The Morgan fingerprint density at radius 1 is 1.15 bits per heavy atom. The van der Waals surface area contributed by atoms with Crippen molar-refractivity contribution in [2.75, 3.05) is 26.1 Å². The number of rotatable bonds is 8. The van der Waals surface area contributed by atoms with Gasteiger partial charge >= 0.3 is 12.0 Å². The van der Waals surface area contributed by atoms with Crippen molar-refractivity contribution in [3.05, 3.63) is 63.8 Å². The minimum Gasteiger partial charge on any atom is -0.493 e. The first kappa shape index (κ1) is 24.9. The average Bonchev–Trinajstić information content (AvgIpc) is 2.82. The Balaban J connectivity index is 2.02. The molecule has 0 fully saturated rings. The molecule has 0 saturated carbocycles. The van der Waals surface area contributed by atoms with Crippen molar-refractivity contribution in [3.63, 3.8) is 0 Å². The molecule has 180 valence electrons. The van der Waals surface area contributed by atoms with Gasteiger partial charge < -0.3 is 30.2 Å². The first-order valence-corrected chi connectivity index (χ1v) is 11.0. The molecule has 0 bridgehead atoms. The topological polar surface area (TPSA) is 115 Å². The number of ether oxygens (including phenoxy) is 3. The Labute approximate surface area is 202 Å². The second kappa shape index (κ2) is 10.9. The molecular formula is C24H26ClN3O6. The number of benzene rings is 2. The molecule has 1 aliphatic rings. The minimum atomic E-state index is -0.888. The molecule has 0 aliphatic carbocycles. The Morgan fingerprint density at radius 3 is 2.56 bits per heavy atom. The van der Waals surface area contributed by atoms with E-state index < -0.39 is 23.9 Å². The van der Waals surface area contributed by atoms with Crippen LogP contribution in [0.2, 0.25) is 5.02 Å². The number of urea groups is 1. The van der Waals surface area contributed by atoms with Crippen LogP contribution in [0.15, 0.2) is 47.7 Å². The zero-order valence-electron chi connectivity index (χ0n) is 19.3. The molecule has 0 saturated heterocycles. The van der Waals surface area contributed by atoms with Crippen molar-refractivity contribution >= 4 is 35.2 Å². The van der Waals surface area contributed by atoms with Gasteiger partial charge in [0.1, 0.15) is 0 Å². The second-order valence-electron chi connectivity index (χ2n) is 7.43. The standard InChI is InChI=1S/C24H26ClN3O6/c1-5-10-34-19-12-16(25)15(11-18(19)32-3)21-20(13(2)26-24(31)28-21)22(29)27-17-9-7-6-8-14(17)23(30)33-4/h6-9,11-12,21H,5,10H2,1-4H3,(H,27,29)(H2,26,28,31)/t21-/m1/s1. The molecule has 1 aliphatic heterocycles. The van der Waals surface area contributed by atoms with Crippen LogP contribution in [0.1, 0.15) is 42.2 Å². The molecule has 3 N–H and O–H groups in total. The van der Waals surface area contributed by atoms with Gasteiger partial charge in [-0.2, -0.15) is 0 Å². The second-order valence-corrected chi connectivity index (χ2v) is 7.84. The molecule has 3 amide bonds. The van der Waals surface area contributed by atoms with Crippen molar-refractivity contribution < 1.29 is 28.6 Å². The van der Waals surface area contributed by atoms with Crippen LogP contribution in [0, 0.1) is 0 Å². The van der Waals surface area contributed by atoms with Crippen LogP contribution in [-0.2, 0) is 9.53 Å². The van der Waals surface area contributed by atoms with Gasteiger partial charge in [-0.3, -0.25) is 4.79 Å². The van der Waals surface area contributed by atoms with Crippen LogP contribution in [0.3, 0.4) is 0 Å². The van der Waals surface area contributed by atoms with E-state index in [9.17, 15) is 14.4 Å². The molecule has 0 spiro atoms. The quantitative estimate of drug-likeness (QED) is 0.481. The summed E-state index contributed by atoms with van der Waals surface area (Å²) in [6.07, 6.45) is 0.798. The molecule has 1 heterocycles. The number of halogens is 1. The maximum Gasteiger partial charge on any atom is 0.339 e. The molecule has 0 radical (unpaired) electrons. The lowest BCUT2D eigenvalue weighted by Crippen LogP contribution is -2.46. The van der Waals surface area contributed by atoms with Gasteiger partial charge in [0.25, 0.3) is 5.91 Å². The van der Waals surface area contributed by atoms with E-state index in [1.807, 2.05) is 6.92 Å². The Hall–Kier alpha value is -3.72. The van der Waals surface area contributed by atoms with Crippen molar-refractivity contribution in [2.45, 2.75) is 26.3 Å². The number of para-hydroxylation sites is 1. The largest absolute Gasteiger partial charge is 0.493 e. The van der Waals surface area contributed by atoms with Gasteiger partial charge in [-0.1, -0.05) is 30.7 Å². The fraction of sp³-hybridized carbons (Fsp3) is 0.292. The zero-order chi connectivity index (χ0) is 24.8. The van der Waals surface area contributed by atoms with E-state index in [2.05, 4.69) is 16.0 Å². The average molecular weight is 488 g/mol. The fourth-order valence-electron chi connectivity index (χ4n) is 3.55. The zero-order valence-corrected chi connectivity index (χ0v) is 20.0. The van der Waals surface area contributed by atoms with E-state index in [0.29, 0.717) is 29.4 Å². The number of hydrogen-bond acceptors (Lipinski definition) is 6. The predicted molar refractivity (Wildman–Crippen MR) is 127 cm³/mol. The number of carbonyl (C=O) groups excluding carboxylic acids is 3. The van der Waals surface area contributed by atoms with Gasteiger partial charge in [0.05, 0.1) is 48.7 Å². The summed E-state index contributed by atoms with van der Waals surface area (Å²) in [5.41, 5.74) is 1.46. The highest BCUT2D eigenvalue weighted by atomic mass is 35.5. The van der Waals surface area contributed by atoms with Gasteiger partial charge in [-0.05, 0) is 31.5 Å². The number of hydrogen-bond donors (Lipinski definition) is 3. The van der Waals surface area contributed by atoms with Gasteiger partial charge in [-0.25, -0.2) is 9.59 Å². The molecule has 0 unspecified atom stereocenters. The lowest BCUT2D eigenvalue weighted by atomic mass is 9.94. The molecule has 0 aromatic heterocycles.